The van der Waals surface area contributed by atoms with E-state index in [1.807, 2.05) is 11.8 Å². The Morgan fingerprint density at radius 2 is 2.20 bits per heavy atom. The van der Waals surface area contributed by atoms with Crippen LogP contribution in [0.15, 0.2) is 24.3 Å². The van der Waals surface area contributed by atoms with Gasteiger partial charge in [0.15, 0.2) is 0 Å². The molecule has 0 radical (unpaired) electrons. The summed E-state index contributed by atoms with van der Waals surface area (Å²) in [7, 11) is 0. The van der Waals surface area contributed by atoms with E-state index in [2.05, 4.69) is 30.5 Å². The number of benzene rings is 1. The van der Waals surface area contributed by atoms with Gasteiger partial charge in [-0.3, -0.25) is 0 Å². The van der Waals surface area contributed by atoms with Crippen LogP contribution >= 0.6 is 11.8 Å². The Labute approximate surface area is 96.4 Å². The van der Waals surface area contributed by atoms with Gasteiger partial charge in [-0.05, 0) is 48.8 Å². The van der Waals surface area contributed by atoms with Gasteiger partial charge in [0.25, 0.3) is 0 Å². The van der Waals surface area contributed by atoms with Crippen molar-refractivity contribution in [3.63, 3.8) is 0 Å². The predicted octanol–water partition coefficient (Wildman–Crippen LogP) is 2.93. The lowest BCUT2D eigenvalue weighted by atomic mass is 9.76. The largest absolute Gasteiger partial charge is 0.321 e. The van der Waals surface area contributed by atoms with E-state index in [-0.39, 0.29) is 5.54 Å². The zero-order valence-electron chi connectivity index (χ0n) is 9.33. The van der Waals surface area contributed by atoms with Crippen molar-refractivity contribution in [3.05, 3.63) is 35.4 Å². The van der Waals surface area contributed by atoms with Gasteiger partial charge in [-0.15, -0.1) is 0 Å². The average molecular weight is 221 g/mol. The fourth-order valence-electron chi connectivity index (χ4n) is 2.50. The maximum atomic E-state index is 6.54. The summed E-state index contributed by atoms with van der Waals surface area (Å²) >= 11 is 1.89. The molecule has 15 heavy (non-hydrogen) atoms. The Bertz CT molecular complexity index is 337. The highest BCUT2D eigenvalue weighted by molar-refractivity contribution is 7.98. The summed E-state index contributed by atoms with van der Waals surface area (Å²) in [6.45, 7) is 0. The SMILES string of the molecule is CSCCC1(N)CCCc2ccccc21. The molecule has 1 unspecified atom stereocenters. The van der Waals surface area contributed by atoms with E-state index in [1.165, 1.54) is 24.0 Å². The van der Waals surface area contributed by atoms with Gasteiger partial charge in [-0.1, -0.05) is 24.3 Å². The van der Waals surface area contributed by atoms with Crippen molar-refractivity contribution in [2.24, 2.45) is 5.73 Å². The van der Waals surface area contributed by atoms with Crippen LogP contribution in [0.2, 0.25) is 0 Å². The Balaban J connectivity index is 2.27. The Hall–Kier alpha value is -0.470. The first-order valence-electron chi connectivity index (χ1n) is 5.62. The van der Waals surface area contributed by atoms with Crippen molar-refractivity contribution < 1.29 is 0 Å². The molecule has 1 aromatic rings. The van der Waals surface area contributed by atoms with E-state index < -0.39 is 0 Å². The van der Waals surface area contributed by atoms with Crippen molar-refractivity contribution >= 4 is 11.8 Å². The summed E-state index contributed by atoms with van der Waals surface area (Å²) in [6, 6.07) is 8.69. The van der Waals surface area contributed by atoms with Crippen LogP contribution in [-0.4, -0.2) is 12.0 Å². The van der Waals surface area contributed by atoms with Crippen molar-refractivity contribution in [1.82, 2.24) is 0 Å². The number of rotatable bonds is 3. The highest BCUT2D eigenvalue weighted by Crippen LogP contribution is 2.36. The summed E-state index contributed by atoms with van der Waals surface area (Å²) in [5.74, 6) is 1.16. The van der Waals surface area contributed by atoms with Gasteiger partial charge in [0.2, 0.25) is 0 Å². The maximum Gasteiger partial charge on any atom is 0.0420 e. The first kappa shape index (κ1) is 11.0. The molecule has 82 valence electrons. The van der Waals surface area contributed by atoms with E-state index in [0.29, 0.717) is 0 Å². The third-order valence-electron chi connectivity index (χ3n) is 3.38. The molecule has 1 aliphatic carbocycles. The maximum absolute atomic E-state index is 6.54. The number of nitrogens with two attached hydrogens (primary N) is 1. The fourth-order valence-corrected chi connectivity index (χ4v) is 3.07. The van der Waals surface area contributed by atoms with Gasteiger partial charge in [0, 0.05) is 5.54 Å². The lowest BCUT2D eigenvalue weighted by molar-refractivity contribution is 0.363. The van der Waals surface area contributed by atoms with Crippen molar-refractivity contribution in [3.8, 4) is 0 Å². The predicted molar refractivity (Wildman–Crippen MR) is 68.2 cm³/mol. The summed E-state index contributed by atoms with van der Waals surface area (Å²) in [5.41, 5.74) is 9.34. The van der Waals surface area contributed by atoms with Gasteiger partial charge in [-0.2, -0.15) is 11.8 Å². The van der Waals surface area contributed by atoms with E-state index in [9.17, 15) is 0 Å². The van der Waals surface area contributed by atoms with Crippen LogP contribution in [-0.2, 0) is 12.0 Å². The highest BCUT2D eigenvalue weighted by Gasteiger charge is 2.31. The molecule has 0 amide bonds. The summed E-state index contributed by atoms with van der Waals surface area (Å²) < 4.78 is 0. The van der Waals surface area contributed by atoms with Crippen LogP contribution in [0.4, 0.5) is 0 Å². The number of thioether (sulfide) groups is 1. The van der Waals surface area contributed by atoms with Crippen LogP contribution in [0.5, 0.6) is 0 Å². The first-order chi connectivity index (χ1) is 7.26. The number of hydrogen-bond donors (Lipinski definition) is 1. The standard InChI is InChI=1S/C13H19NS/c1-15-10-9-13(14)8-4-6-11-5-2-3-7-12(11)13/h2-3,5,7H,4,6,8-10,14H2,1H3. The third kappa shape index (κ3) is 2.21. The van der Waals surface area contributed by atoms with E-state index in [0.717, 1.165) is 18.6 Å². The molecule has 0 spiro atoms. The monoisotopic (exact) mass is 221 g/mol. The van der Waals surface area contributed by atoms with Crippen LogP contribution < -0.4 is 5.73 Å². The Kier molecular flexibility index (Phi) is 3.37. The molecule has 1 aromatic carbocycles. The molecule has 1 atom stereocenters. The fraction of sp³-hybridized carbons (Fsp3) is 0.538. The molecule has 2 heteroatoms. The summed E-state index contributed by atoms with van der Waals surface area (Å²) in [4.78, 5) is 0. The normalized spacial score (nSPS) is 24.9. The van der Waals surface area contributed by atoms with Crippen LogP contribution in [0.25, 0.3) is 0 Å². The first-order valence-corrected chi connectivity index (χ1v) is 7.02. The molecule has 0 fully saturated rings. The molecule has 2 rings (SSSR count). The molecule has 0 saturated heterocycles. The Morgan fingerprint density at radius 3 is 3.00 bits per heavy atom. The van der Waals surface area contributed by atoms with Gasteiger partial charge >= 0.3 is 0 Å². The molecule has 0 aliphatic heterocycles. The van der Waals surface area contributed by atoms with Crippen LogP contribution in [0.3, 0.4) is 0 Å². The second-order valence-electron chi connectivity index (χ2n) is 4.41. The van der Waals surface area contributed by atoms with Gasteiger partial charge in [0.05, 0.1) is 0 Å². The molecule has 1 aliphatic rings. The highest BCUT2D eigenvalue weighted by atomic mass is 32.2. The molecule has 0 heterocycles. The average Bonchev–Trinajstić information content (AvgIpc) is 2.27. The van der Waals surface area contributed by atoms with Gasteiger partial charge < -0.3 is 5.73 Å². The second kappa shape index (κ2) is 4.58. The van der Waals surface area contributed by atoms with Crippen LogP contribution in [0, 0.1) is 0 Å². The quantitative estimate of drug-likeness (QED) is 0.849. The van der Waals surface area contributed by atoms with E-state index in [4.69, 9.17) is 5.73 Å². The zero-order chi connectivity index (χ0) is 10.7. The lowest BCUT2D eigenvalue weighted by Crippen LogP contribution is -2.40. The summed E-state index contributed by atoms with van der Waals surface area (Å²) in [5, 5.41) is 0. The molecule has 1 nitrogen and oxygen atoms in total. The van der Waals surface area contributed by atoms with Crippen LogP contribution in [0.1, 0.15) is 30.4 Å². The van der Waals surface area contributed by atoms with Crippen molar-refractivity contribution in [2.75, 3.05) is 12.0 Å². The zero-order valence-corrected chi connectivity index (χ0v) is 10.1. The molecule has 0 aromatic heterocycles. The number of aryl methyl sites for hydroxylation is 1. The third-order valence-corrected chi connectivity index (χ3v) is 3.99. The molecular weight excluding hydrogens is 202 g/mol. The lowest BCUT2D eigenvalue weighted by Gasteiger charge is -2.35. The van der Waals surface area contributed by atoms with Gasteiger partial charge in [-0.25, -0.2) is 0 Å². The number of fused-ring (bicyclic) bond motifs is 1. The topological polar surface area (TPSA) is 26.0 Å². The smallest absolute Gasteiger partial charge is 0.0420 e. The van der Waals surface area contributed by atoms with Crippen molar-refractivity contribution in [1.29, 1.82) is 0 Å². The molecule has 2 N–H and O–H groups in total. The minimum absolute atomic E-state index is 0.0577. The van der Waals surface area contributed by atoms with E-state index in [1.54, 1.807) is 0 Å². The van der Waals surface area contributed by atoms with E-state index >= 15 is 0 Å². The minimum Gasteiger partial charge on any atom is -0.321 e. The Morgan fingerprint density at radius 1 is 1.40 bits per heavy atom. The summed E-state index contributed by atoms with van der Waals surface area (Å²) in [6.07, 6.45) is 6.84. The van der Waals surface area contributed by atoms with Gasteiger partial charge in [0.1, 0.15) is 0 Å². The molecule has 0 saturated carbocycles. The number of hydrogen-bond acceptors (Lipinski definition) is 2. The molecule has 0 bridgehead atoms. The minimum atomic E-state index is -0.0577. The second-order valence-corrected chi connectivity index (χ2v) is 5.40. The molecular formula is C13H19NS. The van der Waals surface area contributed by atoms with Crippen molar-refractivity contribution in [2.45, 2.75) is 31.2 Å².